The first-order valence-corrected chi connectivity index (χ1v) is 7.22. The predicted molar refractivity (Wildman–Crippen MR) is 84.7 cm³/mol. The second-order valence-corrected chi connectivity index (χ2v) is 6.17. The van der Waals surface area contributed by atoms with Crippen molar-refractivity contribution in [1.82, 2.24) is 0 Å². The number of halogens is 3. The fourth-order valence-corrected chi connectivity index (χ4v) is 2.30. The largest absolute Gasteiger partial charge is 0.416 e. The molecule has 0 aliphatic rings. The maximum Gasteiger partial charge on any atom is 0.416 e. The minimum atomic E-state index is -4.40. The van der Waals surface area contributed by atoms with Gasteiger partial charge in [0.05, 0.1) is 5.56 Å². The third-order valence-electron chi connectivity index (χ3n) is 3.08. The van der Waals surface area contributed by atoms with Gasteiger partial charge in [-0.15, -0.1) is 0 Å². The summed E-state index contributed by atoms with van der Waals surface area (Å²) in [4.78, 5) is 2.00. The molecule has 0 aromatic heterocycles. The third-order valence-corrected chi connectivity index (χ3v) is 3.30. The van der Waals surface area contributed by atoms with E-state index >= 15 is 0 Å². The summed E-state index contributed by atoms with van der Waals surface area (Å²) in [7, 11) is 0. The molecular formula is C15H21F3N2S. The monoisotopic (exact) mass is 318 g/mol. The Morgan fingerprint density at radius 2 is 1.81 bits per heavy atom. The van der Waals surface area contributed by atoms with Crippen LogP contribution >= 0.6 is 12.2 Å². The summed E-state index contributed by atoms with van der Waals surface area (Å²) in [6, 6.07) is 3.71. The predicted octanol–water partition coefficient (Wildman–Crippen LogP) is 4.21. The Hall–Kier alpha value is -1.30. The molecule has 21 heavy (non-hydrogen) atoms. The molecule has 0 aliphatic heterocycles. The van der Waals surface area contributed by atoms with E-state index in [1.54, 1.807) is 0 Å². The second-order valence-electron chi connectivity index (χ2n) is 5.73. The lowest BCUT2D eigenvalue weighted by Crippen LogP contribution is -2.35. The van der Waals surface area contributed by atoms with Crippen LogP contribution in [0, 0.1) is 5.92 Å². The molecule has 0 heterocycles. The quantitative estimate of drug-likeness (QED) is 0.825. The van der Waals surface area contributed by atoms with Crippen LogP contribution in [0.5, 0.6) is 0 Å². The molecule has 6 heteroatoms. The molecule has 0 aliphatic carbocycles. The summed E-state index contributed by atoms with van der Waals surface area (Å²) >= 11 is 4.94. The highest BCUT2D eigenvalue weighted by molar-refractivity contribution is 7.80. The summed E-state index contributed by atoms with van der Waals surface area (Å²) in [5, 5.41) is 0. The zero-order valence-corrected chi connectivity index (χ0v) is 13.5. The zero-order valence-electron chi connectivity index (χ0n) is 12.7. The van der Waals surface area contributed by atoms with Crippen molar-refractivity contribution >= 4 is 22.9 Å². The van der Waals surface area contributed by atoms with Gasteiger partial charge in [-0.2, -0.15) is 13.2 Å². The second kappa shape index (κ2) is 6.64. The first kappa shape index (κ1) is 17.8. The molecule has 118 valence electrons. The lowest BCUT2D eigenvalue weighted by Gasteiger charge is -2.32. The van der Waals surface area contributed by atoms with Gasteiger partial charge in [0.1, 0.15) is 4.99 Å². The minimum Gasteiger partial charge on any atom is -0.389 e. The van der Waals surface area contributed by atoms with Crippen LogP contribution < -0.4 is 10.6 Å². The Morgan fingerprint density at radius 1 is 1.24 bits per heavy atom. The van der Waals surface area contributed by atoms with Crippen molar-refractivity contribution < 1.29 is 13.2 Å². The van der Waals surface area contributed by atoms with E-state index in [1.807, 2.05) is 18.7 Å². The molecule has 0 radical (unpaired) electrons. The van der Waals surface area contributed by atoms with Crippen molar-refractivity contribution in [1.29, 1.82) is 0 Å². The van der Waals surface area contributed by atoms with Gasteiger partial charge in [-0.1, -0.05) is 26.1 Å². The number of thiocarbonyl (C=S) groups is 1. The third kappa shape index (κ3) is 4.59. The average molecular weight is 318 g/mol. The standard InChI is InChI=1S/C15H21F3N2S/c1-9(2)8-20(10(3)4)13-6-5-11(15(16,17)18)7-12(13)14(19)21/h5-7,9-10H,8H2,1-4H3,(H2,19,21). The molecule has 0 unspecified atom stereocenters. The van der Waals surface area contributed by atoms with Gasteiger partial charge in [0.25, 0.3) is 0 Å². The van der Waals surface area contributed by atoms with E-state index in [9.17, 15) is 13.2 Å². The lowest BCUT2D eigenvalue weighted by atomic mass is 10.0. The van der Waals surface area contributed by atoms with Crippen molar-refractivity contribution in [2.24, 2.45) is 11.7 Å². The number of hydrogen-bond donors (Lipinski definition) is 1. The van der Waals surface area contributed by atoms with Gasteiger partial charge in [-0.05, 0) is 38.0 Å². The van der Waals surface area contributed by atoms with Gasteiger partial charge >= 0.3 is 6.18 Å². The van der Waals surface area contributed by atoms with E-state index in [0.29, 0.717) is 11.6 Å². The summed E-state index contributed by atoms with van der Waals surface area (Å²) in [5.41, 5.74) is 5.82. The molecular weight excluding hydrogens is 297 g/mol. The molecule has 1 aromatic rings. The van der Waals surface area contributed by atoms with E-state index in [4.69, 9.17) is 18.0 Å². The van der Waals surface area contributed by atoms with Crippen LogP contribution in [0.1, 0.15) is 38.8 Å². The maximum absolute atomic E-state index is 12.8. The molecule has 0 spiro atoms. The summed E-state index contributed by atoms with van der Waals surface area (Å²) in [6.45, 7) is 8.81. The van der Waals surface area contributed by atoms with Gasteiger partial charge in [-0.25, -0.2) is 0 Å². The van der Waals surface area contributed by atoms with E-state index < -0.39 is 11.7 Å². The minimum absolute atomic E-state index is 0.0227. The molecule has 2 N–H and O–H groups in total. The number of nitrogens with two attached hydrogens (primary N) is 1. The first-order chi connectivity index (χ1) is 9.54. The van der Waals surface area contributed by atoms with E-state index in [-0.39, 0.29) is 16.6 Å². The Labute approximate surface area is 129 Å². The van der Waals surface area contributed by atoms with Crippen LogP contribution in [-0.4, -0.2) is 17.6 Å². The molecule has 0 amide bonds. The Kier molecular flexibility index (Phi) is 5.61. The van der Waals surface area contributed by atoms with Crippen molar-refractivity contribution in [2.45, 2.75) is 39.9 Å². The fraction of sp³-hybridized carbons (Fsp3) is 0.533. The summed E-state index contributed by atoms with van der Waals surface area (Å²) < 4.78 is 38.5. The van der Waals surface area contributed by atoms with Gasteiger partial charge < -0.3 is 10.6 Å². The number of alkyl halides is 3. The Balaban J connectivity index is 3.37. The van der Waals surface area contributed by atoms with Crippen molar-refractivity contribution in [3.05, 3.63) is 29.3 Å². The van der Waals surface area contributed by atoms with Crippen molar-refractivity contribution in [3.63, 3.8) is 0 Å². The highest BCUT2D eigenvalue weighted by atomic mass is 32.1. The van der Waals surface area contributed by atoms with Gasteiger partial charge in [0.2, 0.25) is 0 Å². The van der Waals surface area contributed by atoms with Crippen molar-refractivity contribution in [3.8, 4) is 0 Å². The average Bonchev–Trinajstić information content (AvgIpc) is 2.33. The van der Waals surface area contributed by atoms with Crippen LogP contribution in [0.3, 0.4) is 0 Å². The van der Waals surface area contributed by atoms with Crippen LogP contribution in [0.15, 0.2) is 18.2 Å². The molecule has 0 saturated carbocycles. The number of benzene rings is 1. The molecule has 1 aromatic carbocycles. The van der Waals surface area contributed by atoms with Crippen LogP contribution in [0.25, 0.3) is 0 Å². The molecule has 0 bridgehead atoms. The smallest absolute Gasteiger partial charge is 0.389 e. The highest BCUT2D eigenvalue weighted by Gasteiger charge is 2.32. The van der Waals surface area contributed by atoms with E-state index in [0.717, 1.165) is 18.7 Å². The number of anilines is 1. The Bertz CT molecular complexity index is 510. The number of nitrogens with zero attached hydrogens (tertiary/aromatic N) is 1. The van der Waals surface area contributed by atoms with E-state index in [1.165, 1.54) is 6.07 Å². The molecule has 0 atom stereocenters. The van der Waals surface area contributed by atoms with Gasteiger partial charge in [-0.3, -0.25) is 0 Å². The summed E-state index contributed by atoms with van der Waals surface area (Å²) in [6.07, 6.45) is -4.40. The van der Waals surface area contributed by atoms with E-state index in [2.05, 4.69) is 13.8 Å². The topological polar surface area (TPSA) is 29.3 Å². The Morgan fingerprint density at radius 3 is 2.19 bits per heavy atom. The summed E-state index contributed by atoms with van der Waals surface area (Å²) in [5.74, 6) is 0.369. The zero-order chi connectivity index (χ0) is 16.4. The van der Waals surface area contributed by atoms with Crippen LogP contribution in [0.4, 0.5) is 18.9 Å². The fourth-order valence-electron chi connectivity index (χ4n) is 2.14. The van der Waals surface area contributed by atoms with Gasteiger partial charge in [0.15, 0.2) is 0 Å². The lowest BCUT2D eigenvalue weighted by molar-refractivity contribution is -0.137. The normalized spacial score (nSPS) is 12.0. The number of hydrogen-bond acceptors (Lipinski definition) is 2. The molecule has 2 nitrogen and oxygen atoms in total. The maximum atomic E-state index is 12.8. The van der Waals surface area contributed by atoms with Crippen molar-refractivity contribution in [2.75, 3.05) is 11.4 Å². The SMILES string of the molecule is CC(C)CN(c1ccc(C(F)(F)F)cc1C(N)=S)C(C)C. The molecule has 1 rings (SSSR count). The highest BCUT2D eigenvalue weighted by Crippen LogP contribution is 2.33. The van der Waals surface area contributed by atoms with Crippen LogP contribution in [0.2, 0.25) is 0 Å². The first-order valence-electron chi connectivity index (χ1n) is 6.81. The molecule has 0 saturated heterocycles. The molecule has 0 fully saturated rings. The number of rotatable bonds is 5. The van der Waals surface area contributed by atoms with Gasteiger partial charge in [0, 0.05) is 23.8 Å². The van der Waals surface area contributed by atoms with Crippen LogP contribution in [-0.2, 0) is 6.18 Å².